The Kier molecular flexibility index (Phi) is 10.1. The first kappa shape index (κ1) is 29.7. The third-order valence-corrected chi connectivity index (χ3v) is 11.2. The summed E-state index contributed by atoms with van der Waals surface area (Å²) < 4.78 is 0. The van der Waals surface area contributed by atoms with E-state index in [1.54, 1.807) is 0 Å². The highest BCUT2D eigenvalue weighted by molar-refractivity contribution is 5.02. The Morgan fingerprint density at radius 2 is 1.54 bits per heavy atom. The second-order valence-electron chi connectivity index (χ2n) is 14.7. The van der Waals surface area contributed by atoms with E-state index in [2.05, 4.69) is 61.6 Å². The highest BCUT2D eigenvalue weighted by Gasteiger charge is 2.46. The Labute approximate surface area is 229 Å². The average Bonchev–Trinajstić information content (AvgIpc) is 3.48. The van der Waals surface area contributed by atoms with Crippen LogP contribution in [-0.2, 0) is 0 Å². The third-order valence-electron chi connectivity index (χ3n) is 11.2. The molecule has 6 nitrogen and oxygen atoms in total. The van der Waals surface area contributed by atoms with Crippen molar-refractivity contribution in [3.8, 4) is 0 Å². The Morgan fingerprint density at radius 3 is 2.11 bits per heavy atom. The minimum Gasteiger partial charge on any atom is -0.327 e. The first-order chi connectivity index (χ1) is 17.5. The van der Waals surface area contributed by atoms with E-state index in [0.717, 1.165) is 6.04 Å². The van der Waals surface area contributed by atoms with Crippen molar-refractivity contribution < 1.29 is 0 Å². The molecule has 0 amide bonds. The lowest BCUT2D eigenvalue weighted by atomic mass is 9.80. The Balaban J connectivity index is 1.17. The minimum absolute atomic E-state index is 0.0371. The Bertz CT molecular complexity index is 682. The quantitative estimate of drug-likeness (QED) is 0.408. The molecular formula is C31H62N6. The second kappa shape index (κ2) is 12.5. The summed E-state index contributed by atoms with van der Waals surface area (Å²) in [7, 11) is 0. The van der Waals surface area contributed by atoms with Crippen LogP contribution in [0.2, 0.25) is 0 Å². The van der Waals surface area contributed by atoms with Crippen molar-refractivity contribution in [1.82, 2.24) is 20.0 Å². The van der Waals surface area contributed by atoms with Crippen molar-refractivity contribution in [2.24, 2.45) is 28.7 Å². The molecule has 37 heavy (non-hydrogen) atoms. The summed E-state index contributed by atoms with van der Waals surface area (Å²) in [5.74, 6) is 1.36. The fraction of sp³-hybridized carbons (Fsp3) is 1.00. The van der Waals surface area contributed by atoms with Crippen molar-refractivity contribution >= 4 is 0 Å². The molecule has 5 N–H and O–H groups in total. The highest BCUT2D eigenvalue weighted by Crippen LogP contribution is 2.42. The van der Waals surface area contributed by atoms with E-state index < -0.39 is 0 Å². The lowest BCUT2D eigenvalue weighted by Crippen LogP contribution is -2.49. The molecular weight excluding hydrogens is 456 g/mol. The maximum atomic E-state index is 6.81. The molecule has 4 saturated heterocycles. The molecule has 0 bridgehead atoms. The molecule has 0 aliphatic carbocycles. The predicted octanol–water partition coefficient (Wildman–Crippen LogP) is 3.88. The Hall–Kier alpha value is -0.240. The molecule has 1 spiro atoms. The van der Waals surface area contributed by atoms with Gasteiger partial charge in [0.25, 0.3) is 0 Å². The van der Waals surface area contributed by atoms with Crippen molar-refractivity contribution in [3.63, 3.8) is 0 Å². The van der Waals surface area contributed by atoms with Gasteiger partial charge in [0.2, 0.25) is 0 Å². The number of nitrogens with one attached hydrogen (secondary N) is 1. The largest absolute Gasteiger partial charge is 0.327 e. The van der Waals surface area contributed by atoms with Gasteiger partial charge in [-0.1, -0.05) is 0 Å². The summed E-state index contributed by atoms with van der Waals surface area (Å²) in [5.41, 5.74) is 13.7. The van der Waals surface area contributed by atoms with Crippen LogP contribution in [0.5, 0.6) is 0 Å². The number of likely N-dealkylation sites (tertiary alicyclic amines) is 3. The normalized spacial score (nSPS) is 32.5. The van der Waals surface area contributed by atoms with Gasteiger partial charge in [-0.2, -0.15) is 0 Å². The Morgan fingerprint density at radius 1 is 0.919 bits per heavy atom. The monoisotopic (exact) mass is 519 g/mol. The van der Waals surface area contributed by atoms with Crippen LogP contribution < -0.4 is 16.8 Å². The number of nitrogens with zero attached hydrogens (tertiary/aromatic N) is 3. The van der Waals surface area contributed by atoms with Crippen molar-refractivity contribution in [2.75, 3.05) is 45.8 Å². The van der Waals surface area contributed by atoms with Gasteiger partial charge in [0, 0.05) is 48.8 Å². The van der Waals surface area contributed by atoms with E-state index in [4.69, 9.17) is 11.5 Å². The van der Waals surface area contributed by atoms with Crippen LogP contribution in [0.4, 0.5) is 0 Å². The summed E-state index contributed by atoms with van der Waals surface area (Å²) >= 11 is 0. The van der Waals surface area contributed by atoms with Gasteiger partial charge in [-0.05, 0) is 149 Å². The maximum absolute atomic E-state index is 6.81. The maximum Gasteiger partial charge on any atom is 0.0126 e. The van der Waals surface area contributed by atoms with Crippen LogP contribution in [0.1, 0.15) is 99.3 Å². The molecule has 5 unspecified atom stereocenters. The molecule has 0 radical (unpaired) electrons. The molecule has 5 atom stereocenters. The average molecular weight is 519 g/mol. The van der Waals surface area contributed by atoms with Gasteiger partial charge >= 0.3 is 0 Å². The second-order valence-corrected chi connectivity index (χ2v) is 14.7. The van der Waals surface area contributed by atoms with Crippen molar-refractivity contribution in [1.29, 1.82) is 0 Å². The highest BCUT2D eigenvalue weighted by atomic mass is 15.2. The molecule has 4 heterocycles. The topological polar surface area (TPSA) is 73.8 Å². The van der Waals surface area contributed by atoms with E-state index in [-0.39, 0.29) is 5.54 Å². The number of hydrogen-bond donors (Lipinski definition) is 3. The van der Waals surface area contributed by atoms with E-state index in [1.807, 2.05) is 0 Å². The van der Waals surface area contributed by atoms with Gasteiger partial charge in [0.05, 0.1) is 0 Å². The smallest absolute Gasteiger partial charge is 0.0126 e. The number of nitrogens with two attached hydrogens (primary N) is 2. The molecule has 0 aromatic rings. The summed E-state index contributed by atoms with van der Waals surface area (Å²) in [5, 5.41) is 3.65. The van der Waals surface area contributed by atoms with Crippen molar-refractivity contribution in [2.45, 2.75) is 135 Å². The first-order valence-corrected chi connectivity index (χ1v) is 16.0. The first-order valence-electron chi connectivity index (χ1n) is 16.0. The molecule has 4 rings (SSSR count). The lowest BCUT2D eigenvalue weighted by molar-refractivity contribution is 0.0906. The SMILES string of the molecule is CC(CCC(N)C1CCN(C(C)CC2CC3(CCNC3)CN2C(C)C)CC1)N1CCC(C(C)(C)N)CC1. The van der Waals surface area contributed by atoms with Gasteiger partial charge in [-0.3, -0.25) is 4.90 Å². The number of rotatable bonds is 10. The van der Waals surface area contributed by atoms with Crippen LogP contribution in [0.3, 0.4) is 0 Å². The molecule has 4 aliphatic heterocycles. The van der Waals surface area contributed by atoms with Gasteiger partial charge in [0.15, 0.2) is 0 Å². The molecule has 4 fully saturated rings. The summed E-state index contributed by atoms with van der Waals surface area (Å²) in [6, 6.07) is 3.08. The molecule has 0 saturated carbocycles. The minimum atomic E-state index is -0.0371. The van der Waals surface area contributed by atoms with Gasteiger partial charge in [0.1, 0.15) is 0 Å². The fourth-order valence-electron chi connectivity index (χ4n) is 8.39. The summed E-state index contributed by atoms with van der Waals surface area (Å²) in [6.07, 6.45) is 11.5. The van der Waals surface area contributed by atoms with Crippen molar-refractivity contribution in [3.05, 3.63) is 0 Å². The molecule has 4 aliphatic rings. The standard InChI is InChI=1S/C31H62N6/c1-23(2)37-22-31(13-14-34-21-31)20-28(37)19-25(4)36-15-9-26(10-16-36)29(32)8-7-24(3)35-17-11-27(12-18-35)30(5,6)33/h23-29,34H,7-22,32-33H2,1-6H3. The van der Waals surface area contributed by atoms with Gasteiger partial charge < -0.3 is 26.6 Å². The zero-order valence-electron chi connectivity index (χ0n) is 25.4. The van der Waals surface area contributed by atoms with Gasteiger partial charge in [-0.25, -0.2) is 0 Å². The third kappa shape index (κ3) is 7.49. The zero-order valence-corrected chi connectivity index (χ0v) is 25.4. The van der Waals surface area contributed by atoms with E-state index >= 15 is 0 Å². The van der Waals surface area contributed by atoms with Gasteiger partial charge in [-0.15, -0.1) is 0 Å². The molecule has 216 valence electrons. The van der Waals surface area contributed by atoms with Crippen LogP contribution in [0.15, 0.2) is 0 Å². The molecule has 0 aromatic carbocycles. The van der Waals surface area contributed by atoms with E-state index in [1.165, 1.54) is 104 Å². The summed E-state index contributed by atoms with van der Waals surface area (Å²) in [4.78, 5) is 8.30. The van der Waals surface area contributed by atoms with Crippen LogP contribution >= 0.6 is 0 Å². The van der Waals surface area contributed by atoms with Crippen LogP contribution in [0, 0.1) is 17.3 Å². The van der Waals surface area contributed by atoms with E-state index in [0.29, 0.717) is 41.4 Å². The molecule has 0 aromatic heterocycles. The van der Waals surface area contributed by atoms with Crippen LogP contribution in [0.25, 0.3) is 0 Å². The van der Waals surface area contributed by atoms with Crippen LogP contribution in [-0.4, -0.2) is 96.3 Å². The lowest BCUT2D eigenvalue weighted by Gasteiger charge is -2.42. The number of hydrogen-bond acceptors (Lipinski definition) is 6. The zero-order chi connectivity index (χ0) is 26.8. The molecule has 6 heteroatoms. The fourth-order valence-corrected chi connectivity index (χ4v) is 8.39. The predicted molar refractivity (Wildman–Crippen MR) is 158 cm³/mol. The van der Waals surface area contributed by atoms with E-state index in [9.17, 15) is 0 Å². The summed E-state index contributed by atoms with van der Waals surface area (Å²) in [6.45, 7) is 22.7. The number of piperidine rings is 2.